The molecule has 2 aromatic heterocycles. The molecule has 0 radical (unpaired) electrons. The number of carbonyl (C=O) groups excluding carboxylic acids is 2. The van der Waals surface area contributed by atoms with Crippen LogP contribution in [0.4, 0.5) is 0 Å². The normalized spacial score (nSPS) is 13.6. The van der Waals surface area contributed by atoms with E-state index in [9.17, 15) is 23.8 Å². The molecule has 4 N–H and O–H groups in total. The van der Waals surface area contributed by atoms with Gasteiger partial charge in [0.25, 0.3) is 0 Å². The molecule has 338 valence electrons. The molecular formula is C45H76NO12P. The van der Waals surface area contributed by atoms with Gasteiger partial charge in [0.2, 0.25) is 0 Å². The number of unbranched alkanes of at least 4 members (excludes halogenated alkanes) is 14. The Hall–Kier alpha value is -2.96. The Labute approximate surface area is 353 Å². The smallest absolute Gasteiger partial charge is 0.472 e. The number of nitrogens with two attached hydrogens (primary N) is 1. The van der Waals surface area contributed by atoms with Gasteiger partial charge in [-0.2, -0.15) is 0 Å². The zero-order chi connectivity index (χ0) is 43.5. The van der Waals surface area contributed by atoms with Gasteiger partial charge in [0.1, 0.15) is 35.7 Å². The van der Waals surface area contributed by atoms with Crippen LogP contribution in [0.25, 0.3) is 0 Å². The summed E-state index contributed by atoms with van der Waals surface area (Å²) in [5.74, 6) is 1.98. The van der Waals surface area contributed by atoms with Gasteiger partial charge in [0.15, 0.2) is 6.10 Å². The van der Waals surface area contributed by atoms with E-state index in [1.165, 1.54) is 29.5 Å². The maximum absolute atomic E-state index is 12.7. The first-order chi connectivity index (χ1) is 28.3. The minimum Gasteiger partial charge on any atom is -0.480 e. The van der Waals surface area contributed by atoms with Crippen molar-refractivity contribution >= 4 is 25.7 Å². The van der Waals surface area contributed by atoms with E-state index < -0.39 is 51.1 Å². The number of rotatable bonds is 36. The summed E-state index contributed by atoms with van der Waals surface area (Å²) >= 11 is 0. The summed E-state index contributed by atoms with van der Waals surface area (Å²) in [5, 5.41) is 8.92. The zero-order valence-electron chi connectivity index (χ0n) is 36.8. The quantitative estimate of drug-likeness (QED) is 0.0333. The Morgan fingerprint density at radius 1 is 0.644 bits per heavy atom. The number of aryl methyl sites for hydroxylation is 5. The highest BCUT2D eigenvalue weighted by Crippen LogP contribution is 2.43. The van der Waals surface area contributed by atoms with Crippen LogP contribution in [0.1, 0.15) is 182 Å². The van der Waals surface area contributed by atoms with Crippen LogP contribution in [0.5, 0.6) is 0 Å². The van der Waals surface area contributed by atoms with Gasteiger partial charge >= 0.3 is 25.7 Å². The molecule has 0 bridgehead atoms. The van der Waals surface area contributed by atoms with Crippen LogP contribution in [-0.2, 0) is 63.2 Å². The standard InChI is InChI=1S/C45H76NO12P/c1-6-8-19-26-41-35(4)36(5)42(58-41)27-21-16-13-14-18-23-29-44(48)57-38(32-54-59(51,52)55-33-39(46)45(49)50)31-53-43(47)28-22-17-12-10-9-11-15-20-25-40-34(3)30-37(56-40)24-7-2/h30,38-39H,6-29,31-33,46H2,1-5H3,(H,49,50)(H,51,52). The maximum atomic E-state index is 12.7. The second-order valence-corrected chi connectivity index (χ2v) is 17.4. The topological polar surface area (TPSA) is 198 Å². The molecule has 59 heavy (non-hydrogen) atoms. The fourth-order valence-electron chi connectivity index (χ4n) is 6.90. The zero-order valence-corrected chi connectivity index (χ0v) is 37.7. The molecule has 0 aliphatic heterocycles. The van der Waals surface area contributed by atoms with E-state index in [1.54, 1.807) is 0 Å². The van der Waals surface area contributed by atoms with Crippen LogP contribution >= 0.6 is 7.82 Å². The first-order valence-corrected chi connectivity index (χ1v) is 23.9. The average Bonchev–Trinajstić information content (AvgIpc) is 3.68. The van der Waals surface area contributed by atoms with Crippen molar-refractivity contribution in [1.29, 1.82) is 0 Å². The molecular weight excluding hydrogens is 777 g/mol. The fourth-order valence-corrected chi connectivity index (χ4v) is 7.68. The summed E-state index contributed by atoms with van der Waals surface area (Å²) in [4.78, 5) is 46.2. The molecule has 3 atom stereocenters. The average molecular weight is 854 g/mol. The molecule has 0 aromatic carbocycles. The summed E-state index contributed by atoms with van der Waals surface area (Å²) in [5.41, 5.74) is 9.15. The third kappa shape index (κ3) is 23.0. The van der Waals surface area contributed by atoms with E-state index >= 15 is 0 Å². The van der Waals surface area contributed by atoms with E-state index in [4.69, 9.17) is 33.7 Å². The van der Waals surface area contributed by atoms with E-state index in [-0.39, 0.29) is 19.4 Å². The molecule has 2 rings (SSSR count). The van der Waals surface area contributed by atoms with Crippen LogP contribution in [0.3, 0.4) is 0 Å². The summed E-state index contributed by atoms with van der Waals surface area (Å²) in [6.45, 7) is 9.03. The molecule has 0 aliphatic carbocycles. The monoisotopic (exact) mass is 854 g/mol. The van der Waals surface area contributed by atoms with Gasteiger partial charge in [-0.3, -0.25) is 23.4 Å². The second-order valence-electron chi connectivity index (χ2n) is 16.0. The number of ether oxygens (including phenoxy) is 2. The van der Waals surface area contributed by atoms with E-state index in [0.29, 0.717) is 12.8 Å². The molecule has 0 saturated carbocycles. The lowest BCUT2D eigenvalue weighted by Gasteiger charge is -2.20. The Balaban J connectivity index is 1.67. The number of carboxylic acids is 1. The Morgan fingerprint density at radius 2 is 1.14 bits per heavy atom. The van der Waals surface area contributed by atoms with Crippen LogP contribution in [0.15, 0.2) is 14.9 Å². The predicted molar refractivity (Wildman–Crippen MR) is 228 cm³/mol. The summed E-state index contributed by atoms with van der Waals surface area (Å²) in [7, 11) is -4.74. The lowest BCUT2D eigenvalue weighted by atomic mass is 10.0. The third-order valence-corrected chi connectivity index (χ3v) is 11.6. The minimum atomic E-state index is -4.74. The minimum absolute atomic E-state index is 0.125. The third-order valence-electron chi connectivity index (χ3n) is 10.7. The summed E-state index contributed by atoms with van der Waals surface area (Å²) < 4.78 is 45.0. The molecule has 14 heteroatoms. The Morgan fingerprint density at radius 3 is 1.68 bits per heavy atom. The number of hydrogen-bond acceptors (Lipinski definition) is 11. The first kappa shape index (κ1) is 52.2. The molecule has 3 unspecified atom stereocenters. The number of carbonyl (C=O) groups is 3. The number of furan rings is 2. The highest BCUT2D eigenvalue weighted by molar-refractivity contribution is 7.47. The molecule has 2 aromatic rings. The molecule has 0 amide bonds. The summed E-state index contributed by atoms with van der Waals surface area (Å²) in [6.07, 6.45) is 21.4. The number of aliphatic carboxylic acids is 1. The number of esters is 2. The summed E-state index contributed by atoms with van der Waals surface area (Å²) in [6, 6.07) is 0.626. The highest BCUT2D eigenvalue weighted by Gasteiger charge is 2.28. The SMILES string of the molecule is CCCCCc1oc(CCCCCCCCC(=O)OC(COC(=O)CCCCCCCCCCc2oc(CCC)cc2C)COP(=O)(O)OCC(N)C(=O)O)c(C)c1C. The van der Waals surface area contributed by atoms with E-state index in [1.807, 2.05) is 0 Å². The second kappa shape index (κ2) is 30.1. The van der Waals surface area contributed by atoms with Gasteiger partial charge < -0.3 is 34.0 Å². The molecule has 0 fully saturated rings. The number of carboxylic acid groups (broad SMARTS) is 1. The number of phosphoric ester groups is 1. The first-order valence-electron chi connectivity index (χ1n) is 22.4. The van der Waals surface area contributed by atoms with E-state index in [0.717, 1.165) is 139 Å². The maximum Gasteiger partial charge on any atom is 0.472 e. The van der Waals surface area contributed by atoms with Crippen molar-refractivity contribution in [2.75, 3.05) is 19.8 Å². The van der Waals surface area contributed by atoms with Crippen molar-refractivity contribution in [3.8, 4) is 0 Å². The van der Waals surface area contributed by atoms with Crippen LogP contribution < -0.4 is 5.73 Å². The molecule has 0 saturated heterocycles. The van der Waals surface area contributed by atoms with Crippen molar-refractivity contribution in [3.05, 3.63) is 45.8 Å². The van der Waals surface area contributed by atoms with Crippen LogP contribution in [-0.4, -0.2) is 59.9 Å². The predicted octanol–water partition coefficient (Wildman–Crippen LogP) is 10.5. The fraction of sp³-hybridized carbons (Fsp3) is 0.756. The van der Waals surface area contributed by atoms with Gasteiger partial charge in [0.05, 0.1) is 13.2 Å². The molecule has 13 nitrogen and oxygen atoms in total. The lowest BCUT2D eigenvalue weighted by Crippen LogP contribution is -2.34. The van der Waals surface area contributed by atoms with Crippen LogP contribution in [0, 0.1) is 20.8 Å². The molecule has 0 spiro atoms. The molecule has 0 aliphatic rings. The van der Waals surface area contributed by atoms with E-state index in [2.05, 4.69) is 45.2 Å². The Bertz CT molecular complexity index is 1530. The van der Waals surface area contributed by atoms with Gasteiger partial charge in [0, 0.05) is 38.5 Å². The van der Waals surface area contributed by atoms with Crippen molar-refractivity contribution < 1.29 is 56.3 Å². The highest BCUT2D eigenvalue weighted by atomic mass is 31.2. The molecule has 2 heterocycles. The number of hydrogen-bond donors (Lipinski definition) is 3. The van der Waals surface area contributed by atoms with Gasteiger partial charge in [-0.1, -0.05) is 90.9 Å². The van der Waals surface area contributed by atoms with Gasteiger partial charge in [-0.25, -0.2) is 4.57 Å². The Kier molecular flexibility index (Phi) is 26.6. The van der Waals surface area contributed by atoms with Crippen molar-refractivity contribution in [2.24, 2.45) is 5.73 Å². The van der Waals surface area contributed by atoms with Gasteiger partial charge in [-0.15, -0.1) is 0 Å². The van der Waals surface area contributed by atoms with Crippen LogP contribution in [0.2, 0.25) is 0 Å². The van der Waals surface area contributed by atoms with Crippen molar-refractivity contribution in [1.82, 2.24) is 0 Å². The largest absolute Gasteiger partial charge is 0.480 e. The number of phosphoric acid groups is 1. The lowest BCUT2D eigenvalue weighted by molar-refractivity contribution is -0.161. The van der Waals surface area contributed by atoms with Crippen molar-refractivity contribution in [3.63, 3.8) is 0 Å². The van der Waals surface area contributed by atoms with Crippen molar-refractivity contribution in [2.45, 2.75) is 201 Å². The van der Waals surface area contributed by atoms with Gasteiger partial charge in [-0.05, 0) is 82.1 Å².